The van der Waals surface area contributed by atoms with E-state index in [1.807, 2.05) is 24.3 Å². The number of aromatic nitrogens is 1. The molecule has 0 atom stereocenters. The van der Waals surface area contributed by atoms with Crippen molar-refractivity contribution >= 4 is 67.0 Å². The number of fused-ring (bicyclic) bond motifs is 2. The van der Waals surface area contributed by atoms with E-state index in [9.17, 15) is 18.5 Å². The normalized spacial score (nSPS) is 11.1. The number of pyridine rings is 1. The molecule has 11 heteroatoms. The number of hydrogen-bond acceptors (Lipinski definition) is 7. The highest BCUT2D eigenvalue weighted by atomic mass is 35.5. The predicted octanol–water partition coefficient (Wildman–Crippen LogP) is 4.84. The van der Waals surface area contributed by atoms with Gasteiger partial charge in [0.2, 0.25) is 10.0 Å². The van der Waals surface area contributed by atoms with Crippen LogP contribution in [0.2, 0.25) is 0 Å². The predicted molar refractivity (Wildman–Crippen MR) is 128 cm³/mol. The molecule has 0 aliphatic heterocycles. The molecule has 0 saturated heterocycles. The number of methoxy groups -OCH3 is 1. The number of rotatable bonds is 6. The molecule has 0 bridgehead atoms. The van der Waals surface area contributed by atoms with E-state index in [4.69, 9.17) is 4.74 Å². The SMILES string of the molecule is COc1cc(NS(C)(=O)=O)ccc1Nc1c2ccccc2nc2cc([N+](=O)[O-])ccc12.Cl. The van der Waals surface area contributed by atoms with Crippen molar-refractivity contribution in [2.24, 2.45) is 0 Å². The zero-order valence-electron chi connectivity index (χ0n) is 17.0. The quantitative estimate of drug-likeness (QED) is 0.233. The van der Waals surface area contributed by atoms with Gasteiger partial charge in [-0.3, -0.25) is 14.8 Å². The summed E-state index contributed by atoms with van der Waals surface area (Å²) in [5, 5.41) is 16.1. The molecule has 166 valence electrons. The van der Waals surface area contributed by atoms with Crippen molar-refractivity contribution in [3.05, 3.63) is 70.8 Å². The lowest BCUT2D eigenvalue weighted by atomic mass is 10.1. The van der Waals surface area contributed by atoms with Gasteiger partial charge < -0.3 is 10.1 Å². The summed E-state index contributed by atoms with van der Waals surface area (Å²) >= 11 is 0. The summed E-state index contributed by atoms with van der Waals surface area (Å²) in [7, 11) is -1.95. The molecule has 1 aromatic heterocycles. The maximum absolute atomic E-state index is 11.5. The fraction of sp³-hybridized carbons (Fsp3) is 0.0952. The van der Waals surface area contributed by atoms with Crippen LogP contribution in [0, 0.1) is 10.1 Å². The first-order chi connectivity index (χ1) is 14.7. The van der Waals surface area contributed by atoms with Crippen molar-refractivity contribution in [2.75, 3.05) is 23.4 Å². The van der Waals surface area contributed by atoms with Crippen LogP contribution in [-0.2, 0) is 10.0 Å². The molecule has 1 heterocycles. The lowest BCUT2D eigenvalue weighted by Gasteiger charge is -2.16. The van der Waals surface area contributed by atoms with Crippen LogP contribution >= 0.6 is 12.4 Å². The van der Waals surface area contributed by atoms with Gasteiger partial charge in [-0.2, -0.15) is 0 Å². The molecule has 0 amide bonds. The van der Waals surface area contributed by atoms with Gasteiger partial charge in [0.25, 0.3) is 5.69 Å². The average Bonchev–Trinajstić information content (AvgIpc) is 2.72. The van der Waals surface area contributed by atoms with Crippen LogP contribution in [0.4, 0.5) is 22.7 Å². The van der Waals surface area contributed by atoms with E-state index in [0.717, 1.165) is 11.6 Å². The summed E-state index contributed by atoms with van der Waals surface area (Å²) in [5.74, 6) is 0.421. The van der Waals surface area contributed by atoms with Gasteiger partial charge in [0.05, 0.1) is 46.4 Å². The number of halogens is 1. The topological polar surface area (TPSA) is 123 Å². The number of nitrogens with one attached hydrogen (secondary N) is 2. The Morgan fingerprint density at radius 2 is 1.72 bits per heavy atom. The van der Waals surface area contributed by atoms with Gasteiger partial charge in [-0.1, -0.05) is 18.2 Å². The molecule has 9 nitrogen and oxygen atoms in total. The van der Waals surface area contributed by atoms with Gasteiger partial charge in [-0.05, 0) is 24.3 Å². The number of anilines is 3. The third-order valence-corrected chi connectivity index (χ3v) is 5.25. The third kappa shape index (κ3) is 4.66. The van der Waals surface area contributed by atoms with Crippen molar-refractivity contribution in [1.82, 2.24) is 4.98 Å². The number of sulfonamides is 1. The van der Waals surface area contributed by atoms with E-state index >= 15 is 0 Å². The van der Waals surface area contributed by atoms with Crippen LogP contribution in [0.25, 0.3) is 21.8 Å². The first-order valence-electron chi connectivity index (χ1n) is 9.15. The number of nitrogens with zero attached hydrogens (tertiary/aromatic N) is 2. The average molecular weight is 475 g/mol. The summed E-state index contributed by atoms with van der Waals surface area (Å²) in [6, 6.07) is 16.8. The second-order valence-corrected chi connectivity index (χ2v) is 8.63. The van der Waals surface area contributed by atoms with Crippen molar-refractivity contribution in [3.63, 3.8) is 0 Å². The molecule has 0 unspecified atom stereocenters. The van der Waals surface area contributed by atoms with Crippen molar-refractivity contribution < 1.29 is 18.1 Å². The van der Waals surface area contributed by atoms with E-state index in [1.54, 1.807) is 24.3 Å². The number of non-ortho nitro benzene ring substituents is 1. The molecular weight excluding hydrogens is 456 g/mol. The molecule has 0 aliphatic rings. The molecular formula is C21H19ClN4O5S. The smallest absolute Gasteiger partial charge is 0.271 e. The molecule has 0 radical (unpaired) electrons. The molecule has 0 fully saturated rings. The number of benzene rings is 3. The maximum atomic E-state index is 11.5. The Kier molecular flexibility index (Phi) is 6.37. The van der Waals surface area contributed by atoms with Gasteiger partial charge in [0, 0.05) is 29.0 Å². The van der Waals surface area contributed by atoms with Gasteiger partial charge in [-0.25, -0.2) is 13.4 Å². The molecule has 3 aromatic carbocycles. The lowest BCUT2D eigenvalue weighted by molar-refractivity contribution is -0.384. The molecule has 0 spiro atoms. The molecule has 2 N–H and O–H groups in total. The van der Waals surface area contributed by atoms with E-state index in [0.29, 0.717) is 39.2 Å². The molecule has 4 aromatic rings. The second kappa shape index (κ2) is 8.85. The molecule has 0 aliphatic carbocycles. The zero-order valence-corrected chi connectivity index (χ0v) is 18.7. The first kappa shape index (κ1) is 23.0. The highest BCUT2D eigenvalue weighted by Crippen LogP contribution is 2.38. The van der Waals surface area contributed by atoms with Gasteiger partial charge >= 0.3 is 0 Å². The fourth-order valence-corrected chi connectivity index (χ4v) is 3.89. The van der Waals surface area contributed by atoms with E-state index in [2.05, 4.69) is 15.0 Å². The van der Waals surface area contributed by atoms with E-state index in [-0.39, 0.29) is 18.1 Å². The summed E-state index contributed by atoms with van der Waals surface area (Å²) in [5.41, 5.74) is 2.77. The van der Waals surface area contributed by atoms with Crippen LogP contribution in [0.1, 0.15) is 0 Å². The van der Waals surface area contributed by atoms with Crippen molar-refractivity contribution in [2.45, 2.75) is 0 Å². The largest absolute Gasteiger partial charge is 0.494 e. The molecule has 32 heavy (non-hydrogen) atoms. The number of nitro groups is 1. The Hall–Kier alpha value is -3.63. The van der Waals surface area contributed by atoms with Crippen LogP contribution in [0.3, 0.4) is 0 Å². The summed E-state index contributed by atoms with van der Waals surface area (Å²) in [6.45, 7) is 0. The van der Waals surface area contributed by atoms with Crippen LogP contribution in [0.15, 0.2) is 60.7 Å². The van der Waals surface area contributed by atoms with E-state index < -0.39 is 14.9 Å². The second-order valence-electron chi connectivity index (χ2n) is 6.88. The monoisotopic (exact) mass is 474 g/mol. The molecule has 0 saturated carbocycles. The van der Waals surface area contributed by atoms with Gasteiger partial charge in [-0.15, -0.1) is 12.4 Å². The minimum Gasteiger partial charge on any atom is -0.494 e. The Bertz CT molecular complexity index is 1440. The Morgan fingerprint density at radius 1 is 1.00 bits per heavy atom. The van der Waals surface area contributed by atoms with Crippen LogP contribution in [0.5, 0.6) is 5.75 Å². The number of para-hydroxylation sites is 1. The number of nitro benzene ring substituents is 1. The lowest BCUT2D eigenvalue weighted by Crippen LogP contribution is -2.09. The summed E-state index contributed by atoms with van der Waals surface area (Å²) < 4.78 is 30.9. The Morgan fingerprint density at radius 3 is 2.41 bits per heavy atom. The minimum absolute atomic E-state index is 0. The fourth-order valence-electron chi connectivity index (χ4n) is 3.34. The Balaban J connectivity index is 0.00000289. The van der Waals surface area contributed by atoms with Crippen molar-refractivity contribution in [3.8, 4) is 5.75 Å². The van der Waals surface area contributed by atoms with E-state index in [1.165, 1.54) is 19.2 Å². The maximum Gasteiger partial charge on any atom is 0.271 e. The summed E-state index contributed by atoms with van der Waals surface area (Å²) in [4.78, 5) is 15.3. The standard InChI is InChI=1S/C21H18N4O5S.ClH/c1-30-20-11-13(24-31(2,28)29)7-10-18(20)23-21-15-5-3-4-6-17(15)22-19-12-14(25(26)27)8-9-16(19)21;/h3-12,24H,1-2H3,(H,22,23);1H. The van der Waals surface area contributed by atoms with Gasteiger partial charge in [0.1, 0.15) is 5.75 Å². The minimum atomic E-state index is -3.43. The van der Waals surface area contributed by atoms with Crippen molar-refractivity contribution in [1.29, 1.82) is 0 Å². The third-order valence-electron chi connectivity index (χ3n) is 4.64. The van der Waals surface area contributed by atoms with Crippen LogP contribution < -0.4 is 14.8 Å². The zero-order chi connectivity index (χ0) is 22.2. The number of ether oxygens (including phenoxy) is 1. The van der Waals surface area contributed by atoms with Crippen LogP contribution in [-0.4, -0.2) is 31.7 Å². The first-order valence-corrected chi connectivity index (χ1v) is 11.0. The Labute approximate surface area is 190 Å². The molecule has 4 rings (SSSR count). The highest BCUT2D eigenvalue weighted by Gasteiger charge is 2.15. The number of hydrogen-bond donors (Lipinski definition) is 2. The highest BCUT2D eigenvalue weighted by molar-refractivity contribution is 7.92. The van der Waals surface area contributed by atoms with Gasteiger partial charge in [0.15, 0.2) is 0 Å². The summed E-state index contributed by atoms with van der Waals surface area (Å²) in [6.07, 6.45) is 1.07.